The van der Waals surface area contributed by atoms with E-state index >= 15 is 0 Å². The van der Waals surface area contributed by atoms with Crippen molar-refractivity contribution >= 4 is 24.5 Å². The number of halogens is 3. The Bertz CT molecular complexity index is 594. The number of carbonyl (C=O) groups is 1. The van der Waals surface area contributed by atoms with Crippen LogP contribution in [0.5, 0.6) is 0 Å². The molecule has 0 aromatic carbocycles. The van der Waals surface area contributed by atoms with E-state index in [0.29, 0.717) is 20.0 Å². The van der Waals surface area contributed by atoms with Crippen LogP contribution >= 0.6 is 8.58 Å². The molecule has 3 rings (SSSR count). The molecule has 0 amide bonds. The van der Waals surface area contributed by atoms with Gasteiger partial charge in [0.15, 0.2) is 15.9 Å². The van der Waals surface area contributed by atoms with Gasteiger partial charge < -0.3 is 4.55 Å². The number of Topliss-reactive ketones (excluding diaryl/α,β-unsaturated/α-hetero) is 1. The second-order valence-electron chi connectivity index (χ2n) is 8.78. The van der Waals surface area contributed by atoms with Crippen molar-refractivity contribution in [2.45, 2.75) is 107 Å². The standard InChI is InChI=1S/C19H33OP.CHF3O3S/c20-17-13-7-8-14-18(17)21-19(15-9-3-1-4-10-15)16-11-5-2-6-12-16;2-1(3,4)8(5,6)7/h15-16,18-19,21H,1-14H2;(H,5,6,7). The smallest absolute Gasteiger partial charge is 0.485 e. The van der Waals surface area contributed by atoms with E-state index in [2.05, 4.69) is 0 Å². The van der Waals surface area contributed by atoms with E-state index in [-0.39, 0.29) is 0 Å². The summed E-state index contributed by atoms with van der Waals surface area (Å²) in [6, 6.07) is 0. The van der Waals surface area contributed by atoms with Gasteiger partial charge in [-0.05, 0) is 56.8 Å². The highest BCUT2D eigenvalue weighted by molar-refractivity contribution is 7.86. The molecule has 0 spiro atoms. The maximum Gasteiger partial charge on any atom is 0.485 e. The highest BCUT2D eigenvalue weighted by Gasteiger charge is 2.40. The van der Waals surface area contributed by atoms with Crippen LogP contribution in [0.3, 0.4) is 0 Å². The zero-order valence-corrected chi connectivity index (χ0v) is 18.9. The summed E-state index contributed by atoms with van der Waals surface area (Å²) in [6.45, 7) is 0. The van der Waals surface area contributed by atoms with E-state index in [1.165, 1.54) is 83.5 Å². The molecule has 0 aromatic rings. The Balaban J connectivity index is 0.000000321. The lowest BCUT2D eigenvalue weighted by Crippen LogP contribution is -2.33. The predicted molar refractivity (Wildman–Crippen MR) is 110 cm³/mol. The van der Waals surface area contributed by atoms with E-state index in [0.717, 1.165) is 23.9 Å². The van der Waals surface area contributed by atoms with E-state index in [1.54, 1.807) is 0 Å². The molecule has 9 heteroatoms. The Kier molecular flexibility index (Phi) is 9.88. The molecule has 3 aliphatic rings. The predicted octanol–water partition coefficient (Wildman–Crippen LogP) is 5.49. The number of alkyl halides is 3. The van der Waals surface area contributed by atoms with Crippen molar-refractivity contribution in [1.29, 1.82) is 0 Å². The zero-order valence-electron chi connectivity index (χ0n) is 17.0. The quantitative estimate of drug-likeness (QED) is 0.317. The molecule has 2 atom stereocenters. The zero-order chi connectivity index (χ0) is 21.5. The minimum Gasteiger partial charge on any atom is -0.741 e. The molecule has 0 radical (unpaired) electrons. The molecule has 3 aliphatic carbocycles. The third kappa shape index (κ3) is 8.10. The highest BCUT2D eigenvalue weighted by atomic mass is 32.2. The van der Waals surface area contributed by atoms with Crippen molar-refractivity contribution < 1.29 is 30.9 Å². The van der Waals surface area contributed by atoms with Crippen LogP contribution in [0.25, 0.3) is 0 Å². The Morgan fingerprint density at radius 3 is 1.62 bits per heavy atom. The van der Waals surface area contributed by atoms with Gasteiger partial charge in [-0.3, -0.25) is 4.79 Å². The SMILES string of the molecule is O=C1CCCCC1[PH2+]C(C1CCCCC1)C1CCCCC1.O=S(=O)([O-])C(F)(F)F. The summed E-state index contributed by atoms with van der Waals surface area (Å²) in [5.74, 6) is 2.63. The first-order chi connectivity index (χ1) is 13.6. The van der Waals surface area contributed by atoms with Gasteiger partial charge in [0.05, 0.1) is 5.66 Å². The first-order valence-corrected chi connectivity index (χ1v) is 13.7. The third-order valence-corrected chi connectivity index (χ3v) is 10.00. The van der Waals surface area contributed by atoms with Crippen LogP contribution in [0, 0.1) is 11.8 Å². The average Bonchev–Trinajstić information content (AvgIpc) is 2.68. The van der Waals surface area contributed by atoms with Crippen molar-refractivity contribution in [3.63, 3.8) is 0 Å². The summed E-state index contributed by atoms with van der Waals surface area (Å²) in [7, 11) is -5.71. The van der Waals surface area contributed by atoms with Gasteiger partial charge in [0.25, 0.3) is 0 Å². The van der Waals surface area contributed by atoms with Crippen LogP contribution in [0.2, 0.25) is 0 Å². The van der Waals surface area contributed by atoms with Crippen molar-refractivity contribution in [2.24, 2.45) is 11.8 Å². The van der Waals surface area contributed by atoms with E-state index < -0.39 is 15.6 Å². The van der Waals surface area contributed by atoms with Crippen LogP contribution in [0.15, 0.2) is 0 Å². The van der Waals surface area contributed by atoms with Gasteiger partial charge in [0, 0.05) is 15.0 Å². The maximum atomic E-state index is 12.3. The molecular weight excluding hydrogens is 424 g/mol. The van der Waals surface area contributed by atoms with Crippen molar-refractivity contribution in [3.8, 4) is 0 Å². The number of carbonyl (C=O) groups excluding carboxylic acids is 1. The fourth-order valence-corrected chi connectivity index (χ4v) is 7.96. The third-order valence-electron chi connectivity index (χ3n) is 6.73. The molecule has 0 N–H and O–H groups in total. The second-order valence-corrected chi connectivity index (χ2v) is 12.1. The van der Waals surface area contributed by atoms with Gasteiger partial charge in [-0.2, -0.15) is 13.2 Å². The molecule has 3 fully saturated rings. The molecule has 4 nitrogen and oxygen atoms in total. The van der Waals surface area contributed by atoms with Crippen molar-refractivity contribution in [1.82, 2.24) is 0 Å². The minimum atomic E-state index is -6.09. The largest absolute Gasteiger partial charge is 0.741 e. The fraction of sp³-hybridized carbons (Fsp3) is 0.950. The van der Waals surface area contributed by atoms with Crippen molar-refractivity contribution in [2.75, 3.05) is 0 Å². The summed E-state index contributed by atoms with van der Waals surface area (Å²) in [5.41, 5.74) is -4.15. The second kappa shape index (κ2) is 11.4. The first kappa shape index (κ1) is 25.1. The van der Waals surface area contributed by atoms with Crippen LogP contribution < -0.4 is 0 Å². The first-order valence-electron chi connectivity index (χ1n) is 11.0. The molecule has 0 aliphatic heterocycles. The normalized spacial score (nSPS) is 26.0. The topological polar surface area (TPSA) is 74.3 Å². The lowest BCUT2D eigenvalue weighted by atomic mass is 9.77. The number of rotatable bonds is 4. The van der Waals surface area contributed by atoms with Crippen LogP contribution in [0.1, 0.15) is 89.9 Å². The lowest BCUT2D eigenvalue weighted by Gasteiger charge is -2.36. The van der Waals surface area contributed by atoms with Gasteiger partial charge in [-0.15, -0.1) is 0 Å². The summed E-state index contributed by atoms with van der Waals surface area (Å²) < 4.78 is 58.9. The highest BCUT2D eigenvalue weighted by Crippen LogP contribution is 2.48. The monoisotopic (exact) mass is 458 g/mol. The van der Waals surface area contributed by atoms with Crippen LogP contribution in [-0.4, -0.2) is 35.6 Å². The maximum absolute atomic E-state index is 12.3. The molecule has 2 unspecified atom stereocenters. The molecular formula is C20H34F3O4PS. The van der Waals surface area contributed by atoms with E-state index in [9.17, 15) is 18.0 Å². The molecule has 29 heavy (non-hydrogen) atoms. The lowest BCUT2D eigenvalue weighted by molar-refractivity contribution is -0.119. The Hall–Kier alpha value is -0.200. The summed E-state index contributed by atoms with van der Waals surface area (Å²) in [5, 5.41) is 0. The minimum absolute atomic E-state index is 0.379. The van der Waals surface area contributed by atoms with Gasteiger partial charge in [0.1, 0.15) is 5.66 Å². The van der Waals surface area contributed by atoms with E-state index in [4.69, 9.17) is 13.0 Å². The average molecular weight is 459 g/mol. The molecule has 0 heterocycles. The Labute approximate surface area is 174 Å². The summed E-state index contributed by atoms with van der Waals surface area (Å²) >= 11 is 0. The molecule has 3 saturated carbocycles. The van der Waals surface area contributed by atoms with Gasteiger partial charge in [-0.1, -0.05) is 38.5 Å². The summed E-state index contributed by atoms with van der Waals surface area (Å²) in [6.07, 6.45) is 19.4. The van der Waals surface area contributed by atoms with Gasteiger partial charge >= 0.3 is 5.51 Å². The van der Waals surface area contributed by atoms with Gasteiger partial charge in [-0.25, -0.2) is 8.42 Å². The van der Waals surface area contributed by atoms with Crippen LogP contribution in [0.4, 0.5) is 13.2 Å². The van der Waals surface area contributed by atoms with Gasteiger partial charge in [0.2, 0.25) is 0 Å². The van der Waals surface area contributed by atoms with Crippen molar-refractivity contribution in [3.05, 3.63) is 0 Å². The molecule has 170 valence electrons. The number of ketones is 1. The van der Waals surface area contributed by atoms with E-state index in [1.807, 2.05) is 0 Å². The Morgan fingerprint density at radius 1 is 0.828 bits per heavy atom. The van der Waals surface area contributed by atoms with Crippen LogP contribution in [-0.2, 0) is 14.9 Å². The number of hydrogen-bond donors (Lipinski definition) is 0. The number of hydrogen-bond acceptors (Lipinski definition) is 4. The molecule has 0 saturated heterocycles. The molecule has 0 bridgehead atoms. The molecule has 0 aromatic heterocycles. The Morgan fingerprint density at radius 2 is 1.24 bits per heavy atom. The fourth-order valence-electron chi connectivity index (χ4n) is 5.22. The summed E-state index contributed by atoms with van der Waals surface area (Å²) in [4.78, 5) is 12.3.